The Morgan fingerprint density at radius 1 is 1.00 bits per heavy atom. The van der Waals surface area contributed by atoms with Crippen LogP contribution >= 0.6 is 7.36 Å². The van der Waals surface area contributed by atoms with E-state index in [-0.39, 0.29) is 80.3 Å². The van der Waals surface area contributed by atoms with Crippen molar-refractivity contribution in [1.82, 2.24) is 0 Å². The van der Waals surface area contributed by atoms with Gasteiger partial charge in [0.1, 0.15) is 0 Å². The molecule has 0 aromatic rings. The summed E-state index contributed by atoms with van der Waals surface area (Å²) in [5.41, 5.74) is 0. The van der Waals surface area contributed by atoms with Crippen LogP contribution in [0.25, 0.3) is 0 Å². The van der Waals surface area contributed by atoms with Gasteiger partial charge >= 0.3 is 0 Å². The van der Waals surface area contributed by atoms with Crippen LogP contribution in [0.15, 0.2) is 0 Å². The van der Waals surface area contributed by atoms with Crippen LogP contribution in [0.4, 0.5) is 0 Å². The molecule has 0 saturated carbocycles. The quantitative estimate of drug-likeness (QED) is 0.486. The summed E-state index contributed by atoms with van der Waals surface area (Å²) in [5.74, 6) is 0. The molecule has 0 heterocycles. The topological polar surface area (TPSA) is 0 Å². The minimum atomic E-state index is 0. The molecule has 0 atom stereocenters. The molecule has 0 aromatic carbocycles. The fourth-order valence-electron chi connectivity index (χ4n) is 0. The Morgan fingerprint density at radius 3 is 1.10 bits per heavy atom. The van der Waals surface area contributed by atoms with Crippen LogP contribution in [-0.2, 0) is 77.2 Å². The van der Waals surface area contributed by atoms with E-state index in [4.69, 9.17) is 11.8 Å². The molecule has 58 valence electrons. The fourth-order valence-corrected chi connectivity index (χ4v) is 0. The first-order chi connectivity index (χ1) is 2.56. The van der Waals surface area contributed by atoms with Crippen LogP contribution in [0.5, 0.6) is 0 Å². The Hall–Kier alpha value is 2.73. The largest absolute Gasteiger partial charge is 0.358 e. The van der Waals surface area contributed by atoms with Crippen molar-refractivity contribution in [2.75, 3.05) is 0 Å². The number of hydrogen-bond acceptors (Lipinski definition) is 1. The maximum absolute atomic E-state index is 4.76. The first-order valence-corrected chi connectivity index (χ1v) is 3.81. The predicted octanol–water partition coefficient (Wildman–Crippen LogP) is 3.09. The molecule has 0 unspecified atom stereocenters. The molecular weight excluding hydrogens is 313 g/mol. The molecule has 2 radical (unpaired) electrons. The van der Waals surface area contributed by atoms with Gasteiger partial charge in [0.25, 0.3) is 0 Å². The van der Waals surface area contributed by atoms with Crippen molar-refractivity contribution in [3.8, 4) is 0 Å². The normalized spacial score (nSPS) is 7.50. The van der Waals surface area contributed by atoms with E-state index in [9.17, 15) is 0 Å². The molecule has 0 saturated heterocycles. The zero-order valence-electron chi connectivity index (χ0n) is 7.51. The minimum absolute atomic E-state index is 0. The van der Waals surface area contributed by atoms with Gasteiger partial charge in [-0.2, -0.15) is 0 Å². The summed E-state index contributed by atoms with van der Waals surface area (Å²) in [6.07, 6.45) is 0. The van der Waals surface area contributed by atoms with E-state index in [0.717, 1.165) is 7.36 Å². The van der Waals surface area contributed by atoms with Crippen molar-refractivity contribution in [2.45, 2.75) is 25.9 Å². The third-order valence-corrected chi connectivity index (χ3v) is 2.46. The van der Waals surface area contributed by atoms with Crippen molar-refractivity contribution in [2.24, 2.45) is 0 Å². The van der Waals surface area contributed by atoms with E-state index < -0.39 is 0 Å². The molecule has 0 spiro atoms. The molecule has 0 bridgehead atoms. The zero-order chi connectivity index (χ0) is 5.21. The molecule has 0 rings (SSSR count). The van der Waals surface area contributed by atoms with Gasteiger partial charge in [-0.3, -0.25) is 0 Å². The van der Waals surface area contributed by atoms with Gasteiger partial charge in [0.05, 0.1) is 0 Å². The summed E-state index contributed by atoms with van der Waals surface area (Å²) in [7, 11) is 1.06. The van der Waals surface area contributed by atoms with Gasteiger partial charge in [-0.05, 0) is 7.36 Å². The van der Waals surface area contributed by atoms with Crippen LogP contribution in [-0.4, -0.2) is 5.16 Å². The molecule has 4 heteroatoms. The standard InChI is InChI=1S/C4H9PS.2CH3.2Y/c1-4(2,3)5-6;;;;/h1-3H3;2*1H3;;/q;2*-1;;. The van der Waals surface area contributed by atoms with Gasteiger partial charge in [0.15, 0.2) is 0 Å². The molecule has 10 heavy (non-hydrogen) atoms. The summed E-state index contributed by atoms with van der Waals surface area (Å²) in [4.78, 5) is 0. The van der Waals surface area contributed by atoms with Gasteiger partial charge in [-0.25, -0.2) is 0 Å². The average Bonchev–Trinajstić information content (AvgIpc) is 1.35. The molecule has 0 aliphatic heterocycles. The number of hydrogen-bond donors (Lipinski definition) is 0. The molecule has 0 aliphatic carbocycles. The molecule has 0 amide bonds. The maximum Gasteiger partial charge on any atom is 0.0141 e. The third kappa shape index (κ3) is 30.9. The van der Waals surface area contributed by atoms with Crippen molar-refractivity contribution >= 4 is 19.2 Å². The zero-order valence-corrected chi connectivity index (χ0v) is 14.9. The minimum Gasteiger partial charge on any atom is -0.358 e. The van der Waals surface area contributed by atoms with Crippen molar-refractivity contribution in [3.63, 3.8) is 0 Å². The SMILES string of the molecule is CC(C)(C)P=S.[CH3-].[CH3-].[Y].[Y]. The van der Waals surface area contributed by atoms with E-state index >= 15 is 0 Å². The first-order valence-electron chi connectivity index (χ1n) is 1.91. The van der Waals surface area contributed by atoms with Crippen LogP contribution in [0.3, 0.4) is 0 Å². The second kappa shape index (κ2) is 14.3. The second-order valence-electron chi connectivity index (χ2n) is 2.26. The van der Waals surface area contributed by atoms with Crippen molar-refractivity contribution < 1.29 is 65.4 Å². The van der Waals surface area contributed by atoms with Crippen molar-refractivity contribution in [3.05, 3.63) is 14.9 Å². The van der Waals surface area contributed by atoms with Gasteiger partial charge in [0.2, 0.25) is 0 Å². The molecule has 0 N–H and O–H groups in total. The van der Waals surface area contributed by atoms with Crippen LogP contribution in [0.1, 0.15) is 20.8 Å². The molecule has 0 aromatic heterocycles. The average molecular weight is 328 g/mol. The Bertz CT molecular complexity index is 61.3. The van der Waals surface area contributed by atoms with Crippen LogP contribution in [0.2, 0.25) is 0 Å². The summed E-state index contributed by atoms with van der Waals surface area (Å²) >= 11 is 4.76. The van der Waals surface area contributed by atoms with E-state index in [0.29, 0.717) is 5.16 Å². The van der Waals surface area contributed by atoms with Gasteiger partial charge in [-0.15, -0.1) is 0 Å². The van der Waals surface area contributed by atoms with Gasteiger partial charge in [-0.1, -0.05) is 32.6 Å². The van der Waals surface area contributed by atoms with Gasteiger partial charge in [0, 0.05) is 70.6 Å². The fraction of sp³-hybridized carbons (Fsp3) is 0.667. The Morgan fingerprint density at radius 2 is 1.10 bits per heavy atom. The second-order valence-corrected chi connectivity index (χ2v) is 4.33. The molecule has 0 fully saturated rings. The van der Waals surface area contributed by atoms with Crippen LogP contribution < -0.4 is 0 Å². The van der Waals surface area contributed by atoms with Crippen LogP contribution in [0, 0.1) is 14.9 Å². The van der Waals surface area contributed by atoms with Crippen molar-refractivity contribution in [1.29, 1.82) is 0 Å². The van der Waals surface area contributed by atoms with E-state index in [2.05, 4.69) is 20.8 Å². The summed E-state index contributed by atoms with van der Waals surface area (Å²) < 4.78 is 0. The molecule has 0 nitrogen and oxygen atoms in total. The van der Waals surface area contributed by atoms with E-state index in [1.807, 2.05) is 0 Å². The Kier molecular flexibility index (Phi) is 41.8. The monoisotopic (exact) mass is 328 g/mol. The molecular formula is C6H15PSY2-2. The first kappa shape index (κ1) is 29.3. The summed E-state index contributed by atoms with van der Waals surface area (Å²) in [6, 6.07) is 0. The Labute approximate surface area is 123 Å². The molecule has 0 aliphatic rings. The number of rotatable bonds is 0. The van der Waals surface area contributed by atoms with E-state index in [1.54, 1.807) is 0 Å². The van der Waals surface area contributed by atoms with E-state index in [1.165, 1.54) is 0 Å². The predicted molar refractivity (Wildman–Crippen MR) is 46.9 cm³/mol. The smallest absolute Gasteiger partial charge is 0.0141 e. The Balaban J connectivity index is -0.0000000208. The summed E-state index contributed by atoms with van der Waals surface area (Å²) in [6.45, 7) is 6.38. The third-order valence-electron chi connectivity index (χ3n) is 0.274. The van der Waals surface area contributed by atoms with Gasteiger partial charge < -0.3 is 14.9 Å². The maximum atomic E-state index is 4.76. The summed E-state index contributed by atoms with van der Waals surface area (Å²) in [5, 5.41) is 0.329.